The molecule has 3 rings (SSSR count). The van der Waals surface area contributed by atoms with Crippen molar-refractivity contribution in [3.63, 3.8) is 0 Å². The number of ketones is 1. The van der Waals surface area contributed by atoms with Crippen LogP contribution in [0.5, 0.6) is 0 Å². The van der Waals surface area contributed by atoms with E-state index < -0.39 is 22.8 Å². The predicted octanol–water partition coefficient (Wildman–Crippen LogP) is 1.70. The number of nitrogens with one attached hydrogen (secondary N) is 1. The second-order valence-electron chi connectivity index (χ2n) is 10.1. The van der Waals surface area contributed by atoms with Crippen molar-refractivity contribution >= 4 is 29.2 Å². The minimum absolute atomic E-state index is 0.0206. The van der Waals surface area contributed by atoms with Crippen molar-refractivity contribution in [1.82, 2.24) is 15.1 Å². The number of nitrogens with two attached hydrogens (primary N) is 1. The number of para-hydroxylation sites is 1. The summed E-state index contributed by atoms with van der Waals surface area (Å²) in [6.45, 7) is 10.7. The Hall–Kier alpha value is -2.90. The molecular formula is C24H34N4O4. The van der Waals surface area contributed by atoms with E-state index in [4.69, 9.17) is 5.73 Å². The fourth-order valence-electron chi connectivity index (χ4n) is 4.71. The average molecular weight is 443 g/mol. The number of amides is 3. The van der Waals surface area contributed by atoms with E-state index in [2.05, 4.69) is 5.32 Å². The quantitative estimate of drug-likeness (QED) is 0.544. The molecule has 0 radical (unpaired) electrons. The number of Topliss-reactive ketones (excluding diaryl/α,β-unsaturated/α-hetero) is 1. The Labute approximate surface area is 189 Å². The van der Waals surface area contributed by atoms with Crippen LogP contribution in [0.4, 0.5) is 5.69 Å². The van der Waals surface area contributed by atoms with Crippen LogP contribution in [-0.4, -0.2) is 65.0 Å². The smallest absolute Gasteiger partial charge is 0.227 e. The third-order valence-electron chi connectivity index (χ3n) is 6.51. The van der Waals surface area contributed by atoms with E-state index in [1.165, 1.54) is 6.92 Å². The Kier molecular flexibility index (Phi) is 6.36. The normalized spacial score (nSPS) is 25.7. The monoisotopic (exact) mass is 442 g/mol. The van der Waals surface area contributed by atoms with Crippen molar-refractivity contribution in [1.29, 1.82) is 0 Å². The van der Waals surface area contributed by atoms with Gasteiger partial charge < -0.3 is 20.9 Å². The van der Waals surface area contributed by atoms with Crippen LogP contribution < -0.4 is 11.1 Å². The zero-order valence-corrected chi connectivity index (χ0v) is 19.6. The molecule has 2 fully saturated rings. The van der Waals surface area contributed by atoms with Gasteiger partial charge in [-0.25, -0.2) is 0 Å². The van der Waals surface area contributed by atoms with Crippen LogP contribution >= 0.6 is 0 Å². The number of nitrogen functional groups attached to an aromatic ring is 1. The van der Waals surface area contributed by atoms with Crippen LogP contribution in [0.1, 0.15) is 51.4 Å². The van der Waals surface area contributed by atoms with Gasteiger partial charge in [-0.1, -0.05) is 19.1 Å². The molecule has 8 nitrogen and oxygen atoms in total. The molecule has 3 atom stereocenters. The summed E-state index contributed by atoms with van der Waals surface area (Å²) in [6.07, 6.45) is 0.660. The summed E-state index contributed by atoms with van der Waals surface area (Å²) in [6, 6.07) is 6.75. The van der Waals surface area contributed by atoms with E-state index >= 15 is 0 Å². The number of hydrogen-bond acceptors (Lipinski definition) is 5. The lowest BCUT2D eigenvalue weighted by Gasteiger charge is -2.22. The second-order valence-corrected chi connectivity index (χ2v) is 10.1. The second kappa shape index (κ2) is 8.56. The fraction of sp³-hybridized carbons (Fsp3) is 0.583. The Balaban J connectivity index is 1.89. The SMILES string of the molecule is CC(=O)N1CCCN(C(=O)[C@@H]2[C@H](C(=O)NC(C)(C)C)[C@]2(C)C(=O)c2ccccc2N)CC1. The molecule has 3 N–H and O–H groups in total. The van der Waals surface area contributed by atoms with Gasteiger partial charge in [0.05, 0.1) is 17.3 Å². The molecule has 1 aliphatic carbocycles. The van der Waals surface area contributed by atoms with E-state index in [1.54, 1.807) is 41.0 Å². The van der Waals surface area contributed by atoms with Crippen molar-refractivity contribution in [2.45, 2.75) is 46.6 Å². The molecule has 0 bridgehead atoms. The van der Waals surface area contributed by atoms with Crippen LogP contribution in [0.15, 0.2) is 24.3 Å². The summed E-state index contributed by atoms with van der Waals surface area (Å²) in [5, 5.41) is 2.93. The molecule has 174 valence electrons. The lowest BCUT2D eigenvalue weighted by molar-refractivity contribution is -0.135. The predicted molar refractivity (Wildman–Crippen MR) is 122 cm³/mol. The molecule has 8 heteroatoms. The summed E-state index contributed by atoms with van der Waals surface area (Å²) in [7, 11) is 0. The number of rotatable bonds is 4. The first kappa shape index (κ1) is 23.8. The highest BCUT2D eigenvalue weighted by molar-refractivity contribution is 6.14. The number of nitrogens with zero attached hydrogens (tertiary/aromatic N) is 2. The molecule has 1 saturated carbocycles. The molecule has 3 amide bonds. The minimum Gasteiger partial charge on any atom is -0.398 e. The Morgan fingerprint density at radius 1 is 1.00 bits per heavy atom. The average Bonchev–Trinajstić information content (AvgIpc) is 3.40. The summed E-state index contributed by atoms with van der Waals surface area (Å²) in [5.74, 6) is -2.36. The molecule has 0 spiro atoms. The lowest BCUT2D eigenvalue weighted by atomic mass is 9.91. The van der Waals surface area contributed by atoms with E-state index in [1.807, 2.05) is 20.8 Å². The standard InChI is InChI=1S/C24H34N4O4/c1-15(29)27-11-8-12-28(14-13-27)22(32)19-18(21(31)26-23(2,3)4)24(19,5)20(30)16-9-6-7-10-17(16)25/h6-7,9-10,18-19H,8,11-14,25H2,1-5H3,(H,26,31)/t18-,19+,24+/m1/s1. The topological polar surface area (TPSA) is 113 Å². The highest BCUT2D eigenvalue weighted by Crippen LogP contribution is 2.61. The third kappa shape index (κ3) is 4.49. The van der Waals surface area contributed by atoms with Gasteiger partial charge in [0.2, 0.25) is 17.7 Å². The molecule has 1 aromatic carbocycles. The van der Waals surface area contributed by atoms with Gasteiger partial charge in [-0.05, 0) is 39.3 Å². The molecule has 1 aliphatic heterocycles. The Morgan fingerprint density at radius 3 is 2.19 bits per heavy atom. The fourth-order valence-corrected chi connectivity index (χ4v) is 4.71. The van der Waals surface area contributed by atoms with Gasteiger partial charge in [0, 0.05) is 49.9 Å². The van der Waals surface area contributed by atoms with Gasteiger partial charge in [0.1, 0.15) is 0 Å². The highest BCUT2D eigenvalue weighted by Gasteiger charge is 2.73. The summed E-state index contributed by atoms with van der Waals surface area (Å²) in [4.78, 5) is 55.4. The van der Waals surface area contributed by atoms with Crippen molar-refractivity contribution in [3.05, 3.63) is 29.8 Å². The van der Waals surface area contributed by atoms with E-state index in [-0.39, 0.29) is 23.5 Å². The van der Waals surface area contributed by atoms with Gasteiger partial charge in [-0.2, -0.15) is 0 Å². The molecule has 2 aliphatic rings. The largest absolute Gasteiger partial charge is 0.398 e. The van der Waals surface area contributed by atoms with E-state index in [0.29, 0.717) is 43.9 Å². The number of hydrogen-bond donors (Lipinski definition) is 2. The zero-order valence-electron chi connectivity index (χ0n) is 19.6. The zero-order chi connectivity index (χ0) is 23.8. The lowest BCUT2D eigenvalue weighted by Crippen LogP contribution is -2.43. The number of anilines is 1. The van der Waals surface area contributed by atoms with Crippen LogP contribution in [0.3, 0.4) is 0 Å². The molecule has 0 unspecified atom stereocenters. The molecule has 1 aromatic rings. The molecule has 1 heterocycles. The first-order valence-electron chi connectivity index (χ1n) is 11.1. The van der Waals surface area contributed by atoms with Gasteiger partial charge >= 0.3 is 0 Å². The maximum atomic E-state index is 13.6. The maximum Gasteiger partial charge on any atom is 0.227 e. The minimum atomic E-state index is -1.17. The van der Waals surface area contributed by atoms with E-state index in [9.17, 15) is 19.2 Å². The first-order chi connectivity index (χ1) is 14.9. The Morgan fingerprint density at radius 2 is 1.59 bits per heavy atom. The number of carbonyl (C=O) groups is 4. The van der Waals surface area contributed by atoms with Crippen LogP contribution in [0.2, 0.25) is 0 Å². The maximum absolute atomic E-state index is 13.6. The van der Waals surface area contributed by atoms with Gasteiger partial charge in [-0.3, -0.25) is 19.2 Å². The van der Waals surface area contributed by atoms with Gasteiger partial charge in [0.25, 0.3) is 0 Å². The van der Waals surface area contributed by atoms with Gasteiger partial charge in [0.15, 0.2) is 5.78 Å². The number of benzene rings is 1. The van der Waals surface area contributed by atoms with Crippen molar-refractivity contribution in [2.75, 3.05) is 31.9 Å². The van der Waals surface area contributed by atoms with Crippen LogP contribution in [0.25, 0.3) is 0 Å². The molecule has 32 heavy (non-hydrogen) atoms. The van der Waals surface area contributed by atoms with E-state index in [0.717, 1.165) is 0 Å². The summed E-state index contributed by atoms with van der Waals surface area (Å²) < 4.78 is 0. The van der Waals surface area contributed by atoms with Crippen molar-refractivity contribution in [3.8, 4) is 0 Å². The van der Waals surface area contributed by atoms with Crippen LogP contribution in [0, 0.1) is 17.3 Å². The van der Waals surface area contributed by atoms with Crippen molar-refractivity contribution in [2.24, 2.45) is 17.3 Å². The Bertz CT molecular complexity index is 938. The van der Waals surface area contributed by atoms with Crippen LogP contribution in [-0.2, 0) is 14.4 Å². The first-order valence-corrected chi connectivity index (χ1v) is 11.1. The molecular weight excluding hydrogens is 408 g/mol. The molecule has 1 saturated heterocycles. The molecule has 0 aromatic heterocycles. The van der Waals surface area contributed by atoms with Crippen molar-refractivity contribution < 1.29 is 19.2 Å². The van der Waals surface area contributed by atoms with Gasteiger partial charge in [-0.15, -0.1) is 0 Å². The summed E-state index contributed by atoms with van der Waals surface area (Å²) >= 11 is 0. The highest BCUT2D eigenvalue weighted by atomic mass is 16.2. The third-order valence-corrected chi connectivity index (χ3v) is 6.51. The number of carbonyl (C=O) groups excluding carboxylic acids is 4. The summed E-state index contributed by atoms with van der Waals surface area (Å²) in [5.41, 5.74) is 5.04.